The molecule has 0 spiro atoms. The van der Waals surface area contributed by atoms with Crippen LogP contribution in [0.3, 0.4) is 0 Å². The summed E-state index contributed by atoms with van der Waals surface area (Å²) in [6.07, 6.45) is -14.0. The minimum absolute atomic E-state index is 0. The second-order valence-corrected chi connectivity index (χ2v) is 17.6. The minimum atomic E-state index is -5.95. The van der Waals surface area contributed by atoms with Crippen molar-refractivity contribution in [2.24, 2.45) is 0 Å². The van der Waals surface area contributed by atoms with Gasteiger partial charge in [0, 0.05) is 11.1 Å². The van der Waals surface area contributed by atoms with E-state index in [-0.39, 0.29) is 37.6 Å². The third-order valence-corrected chi connectivity index (χ3v) is 12.3. The van der Waals surface area contributed by atoms with E-state index in [9.17, 15) is 39.5 Å². The molecule has 0 aliphatic carbocycles. The van der Waals surface area contributed by atoms with Crippen molar-refractivity contribution in [2.75, 3.05) is 0 Å². The van der Waals surface area contributed by atoms with Gasteiger partial charge in [-0.25, -0.2) is 26.6 Å². The number of hydrogen-bond donors (Lipinski definition) is 2. The first-order valence-corrected chi connectivity index (χ1v) is 22.7. The molecule has 0 unspecified atom stereocenters. The van der Waals surface area contributed by atoms with Gasteiger partial charge < -0.3 is 4.74 Å². The number of rotatable bonds is 5. The molecule has 7 nitrogen and oxygen atoms in total. The number of nitrogens with zero attached hydrogens (tertiary/aromatic N) is 6. The van der Waals surface area contributed by atoms with Gasteiger partial charge in [-0.1, -0.05) is 107 Å². The molecule has 11 rings (SSSR count). The summed E-state index contributed by atoms with van der Waals surface area (Å²) in [4.78, 5) is 1.33. The van der Waals surface area contributed by atoms with Gasteiger partial charge in [-0.2, -0.15) is 87.1 Å². The van der Waals surface area contributed by atoms with Gasteiger partial charge in [0.1, 0.15) is 5.75 Å². The smallest absolute Gasteiger partial charge is 0.437 e. The molecular formula is C53H28F9IrN6OS3. The third-order valence-electron chi connectivity index (χ3n) is 11.1. The summed E-state index contributed by atoms with van der Waals surface area (Å²) in [7, 11) is 0. The van der Waals surface area contributed by atoms with E-state index in [0.29, 0.717) is 42.5 Å². The number of alkyl halides is 9. The largest absolute Gasteiger partial charge is 3.00 e. The van der Waals surface area contributed by atoms with Crippen LogP contribution in [-0.4, -0.2) is 30.6 Å². The van der Waals surface area contributed by atoms with Crippen LogP contribution in [-0.2, 0) is 38.6 Å². The van der Waals surface area contributed by atoms with Crippen LogP contribution in [0.15, 0.2) is 145 Å². The Kier molecular flexibility index (Phi) is 15.0. The average Bonchev–Trinajstić information content (AvgIpc) is 3.88. The third kappa shape index (κ3) is 11.2. The zero-order chi connectivity index (χ0) is 51.1. The number of halogens is 9. The molecule has 7 aromatic carbocycles. The number of aromatic nitrogens is 6. The van der Waals surface area contributed by atoms with Gasteiger partial charge in [-0.3, -0.25) is 13.2 Å². The van der Waals surface area contributed by atoms with Crippen molar-refractivity contribution < 1.29 is 64.4 Å². The van der Waals surface area contributed by atoms with Crippen molar-refractivity contribution in [3.05, 3.63) is 192 Å². The number of fused-ring (bicyclic) bond motifs is 6. The first-order chi connectivity index (χ1) is 34.2. The SMILES string of the molecule is FC(F)(F)c1cc(Oc2nnc(-c3[c-]ccs3)c3cc4ccccc4cc23)cc(C(F)(F)F)c1C(F)(F)F.[CH-]=C(S)c1nncc2cc3ccccc3cc12.[CH-]=C(S)c1nncc2cc3ccccc3cc12.[Ir+3]. The van der Waals surface area contributed by atoms with Crippen LogP contribution in [0.4, 0.5) is 39.5 Å². The Bertz CT molecular complexity index is 3740. The zero-order valence-electron chi connectivity index (χ0n) is 36.6. The van der Waals surface area contributed by atoms with E-state index >= 15 is 0 Å². The Labute approximate surface area is 436 Å². The molecular weight excluding hydrogens is 1200 g/mol. The molecule has 0 bridgehead atoms. The van der Waals surface area contributed by atoms with Crippen LogP contribution in [0.25, 0.3) is 85.0 Å². The summed E-state index contributed by atoms with van der Waals surface area (Å²) in [6, 6.07) is 39.1. The van der Waals surface area contributed by atoms with Gasteiger partial charge in [-0.05, 0) is 90.2 Å². The normalized spacial score (nSPS) is 11.8. The molecule has 11 aromatic rings. The van der Waals surface area contributed by atoms with E-state index < -0.39 is 46.8 Å². The topological polar surface area (TPSA) is 86.6 Å². The molecule has 0 N–H and O–H groups in total. The maximum Gasteiger partial charge on any atom is 3.00 e. The predicted molar refractivity (Wildman–Crippen MR) is 268 cm³/mol. The summed E-state index contributed by atoms with van der Waals surface area (Å²) in [5.74, 6) is -1.64. The molecule has 73 heavy (non-hydrogen) atoms. The molecule has 4 aromatic heterocycles. The molecule has 366 valence electrons. The molecule has 0 radical (unpaired) electrons. The van der Waals surface area contributed by atoms with Crippen molar-refractivity contribution in [3.8, 4) is 22.2 Å². The van der Waals surface area contributed by atoms with Crippen LogP contribution in [0, 0.1) is 19.2 Å². The van der Waals surface area contributed by atoms with Crippen molar-refractivity contribution in [3.63, 3.8) is 0 Å². The Balaban J connectivity index is 0.000000167. The first-order valence-electron chi connectivity index (χ1n) is 20.9. The van der Waals surface area contributed by atoms with Gasteiger partial charge in [0.15, 0.2) is 0 Å². The molecule has 0 aliphatic rings. The number of ether oxygens (including phenoxy) is 1. The Hall–Kier alpha value is -6.96. The van der Waals surface area contributed by atoms with Crippen molar-refractivity contribution in [1.82, 2.24) is 30.6 Å². The summed E-state index contributed by atoms with van der Waals surface area (Å²) in [5, 5.41) is 36.1. The second kappa shape index (κ2) is 20.9. The van der Waals surface area contributed by atoms with Gasteiger partial charge in [0.2, 0.25) is 5.88 Å². The molecule has 0 atom stereocenters. The van der Waals surface area contributed by atoms with Crippen LogP contribution in [0.2, 0.25) is 0 Å². The first kappa shape index (κ1) is 52.4. The number of benzene rings is 7. The number of thiophene rings is 1. The van der Waals surface area contributed by atoms with Gasteiger partial charge in [0.25, 0.3) is 0 Å². The fourth-order valence-electron chi connectivity index (χ4n) is 7.89. The van der Waals surface area contributed by atoms with Crippen molar-refractivity contribution >= 4 is 111 Å². The molecule has 4 heterocycles. The number of hydrogen-bond acceptors (Lipinski definition) is 10. The van der Waals surface area contributed by atoms with E-state index in [0.717, 1.165) is 37.7 Å². The summed E-state index contributed by atoms with van der Waals surface area (Å²) >= 11 is 9.56. The van der Waals surface area contributed by atoms with Crippen LogP contribution in [0.1, 0.15) is 28.1 Å². The molecule has 0 amide bonds. The molecule has 20 heteroatoms. The Morgan fingerprint density at radius 2 is 0.918 bits per heavy atom. The molecule has 0 aliphatic heterocycles. The van der Waals surface area contributed by atoms with Gasteiger partial charge in [0.05, 0.1) is 29.1 Å². The fraction of sp³-hybridized carbons (Fsp3) is 0.0566. The maximum absolute atomic E-state index is 13.5. The van der Waals surface area contributed by atoms with Gasteiger partial charge in [-0.15, -0.1) is 20.3 Å². The van der Waals surface area contributed by atoms with Crippen LogP contribution in [0.5, 0.6) is 11.6 Å². The predicted octanol–water partition coefficient (Wildman–Crippen LogP) is 16.1. The van der Waals surface area contributed by atoms with Crippen LogP contribution >= 0.6 is 36.6 Å². The Morgan fingerprint density at radius 1 is 0.507 bits per heavy atom. The van der Waals surface area contributed by atoms with Crippen LogP contribution < -0.4 is 4.74 Å². The second-order valence-electron chi connectivity index (χ2n) is 15.7. The average molecular weight is 1220 g/mol. The maximum atomic E-state index is 13.5. The number of thiol groups is 2. The fourth-order valence-corrected chi connectivity index (χ4v) is 8.89. The zero-order valence-corrected chi connectivity index (χ0v) is 41.6. The summed E-state index contributed by atoms with van der Waals surface area (Å²) in [5.41, 5.74) is -6.33. The summed E-state index contributed by atoms with van der Waals surface area (Å²) in [6.45, 7) is 11.4. The van der Waals surface area contributed by atoms with E-state index in [1.165, 1.54) is 22.1 Å². The van der Waals surface area contributed by atoms with Gasteiger partial charge >= 0.3 is 38.6 Å². The monoisotopic (exact) mass is 1220 g/mol. The van der Waals surface area contributed by atoms with Crippen molar-refractivity contribution in [2.45, 2.75) is 18.5 Å². The Morgan fingerprint density at radius 3 is 1.30 bits per heavy atom. The van der Waals surface area contributed by atoms with Crippen molar-refractivity contribution in [1.29, 1.82) is 0 Å². The minimum Gasteiger partial charge on any atom is -0.437 e. The van der Waals surface area contributed by atoms with E-state index in [1.807, 2.05) is 24.3 Å². The molecule has 0 saturated carbocycles. The summed E-state index contributed by atoms with van der Waals surface area (Å²) < 4.78 is 127. The van der Waals surface area contributed by atoms with E-state index in [2.05, 4.69) is 110 Å². The van der Waals surface area contributed by atoms with E-state index in [4.69, 9.17) is 17.9 Å². The standard InChI is InChI=1S/C25H10F9N2OS.2C14H9N2S.Ir/c26-23(27,28)17-10-14(11-18(24(29,30)31)20(17)25(32,33)34)37-22-16-9-13-5-2-1-4-12(13)8-15(16)21(35-36-22)19-6-3-7-38-19;2*1-9(17)14-13-7-11-5-3-2-4-10(11)6-12(13)8-15-16-14;/h1-5,7-11H;2*1-8,17H;/q3*-1;+3. The van der Waals surface area contributed by atoms with E-state index in [1.54, 1.807) is 60.2 Å². The quantitative estimate of drug-likeness (QED) is 0.0768. The molecule has 0 fully saturated rings. The molecule has 0 saturated heterocycles.